The number of nitrogens with two attached hydrogens (primary N) is 1. The van der Waals surface area contributed by atoms with Gasteiger partial charge in [-0.2, -0.15) is 0 Å². The fraction of sp³-hybridized carbons (Fsp3) is 0.625. The van der Waals surface area contributed by atoms with Gasteiger partial charge in [0.15, 0.2) is 0 Å². The fourth-order valence-corrected chi connectivity index (χ4v) is 3.08. The van der Waals surface area contributed by atoms with E-state index in [2.05, 4.69) is 30.9 Å². The van der Waals surface area contributed by atoms with E-state index >= 15 is 0 Å². The molecule has 3 unspecified atom stereocenters. The number of hydrogen-bond acceptors (Lipinski definition) is 3. The maximum atomic E-state index is 6.39. The Labute approximate surface area is 116 Å². The largest absolute Gasteiger partial charge is 0.497 e. The summed E-state index contributed by atoms with van der Waals surface area (Å²) in [5.41, 5.74) is 7.70. The first-order valence-electron chi connectivity index (χ1n) is 7.32. The van der Waals surface area contributed by atoms with Crippen LogP contribution in [0.5, 0.6) is 5.75 Å². The zero-order valence-corrected chi connectivity index (χ0v) is 12.3. The van der Waals surface area contributed by atoms with Crippen LogP contribution in [-0.2, 0) is 0 Å². The van der Waals surface area contributed by atoms with Crippen molar-refractivity contribution in [2.24, 2.45) is 5.73 Å². The third kappa shape index (κ3) is 3.10. The summed E-state index contributed by atoms with van der Waals surface area (Å²) in [6, 6.07) is 9.53. The van der Waals surface area contributed by atoms with E-state index in [9.17, 15) is 0 Å². The normalized spacial score (nSPS) is 23.3. The molecule has 3 atom stereocenters. The summed E-state index contributed by atoms with van der Waals surface area (Å²) in [4.78, 5) is 2.57. The van der Waals surface area contributed by atoms with Crippen LogP contribution in [0.2, 0.25) is 0 Å². The highest BCUT2D eigenvalue weighted by Gasteiger charge is 2.32. The smallest absolute Gasteiger partial charge is 0.118 e. The standard InChI is InChI=1S/C16H26N2O/c1-4-15(17)16(18-11-5-6-12(18)2)13-7-9-14(19-3)10-8-13/h7-10,12,15-16H,4-6,11,17H2,1-3H3. The van der Waals surface area contributed by atoms with Crippen molar-refractivity contribution >= 4 is 0 Å². The molecule has 1 aliphatic heterocycles. The van der Waals surface area contributed by atoms with Crippen LogP contribution < -0.4 is 10.5 Å². The first-order chi connectivity index (χ1) is 9.17. The maximum absolute atomic E-state index is 6.39. The highest BCUT2D eigenvalue weighted by atomic mass is 16.5. The molecule has 2 N–H and O–H groups in total. The molecule has 1 aromatic rings. The molecule has 1 fully saturated rings. The summed E-state index contributed by atoms with van der Waals surface area (Å²) in [6.45, 7) is 5.64. The maximum Gasteiger partial charge on any atom is 0.118 e. The Balaban J connectivity index is 2.25. The second kappa shape index (κ2) is 6.40. The predicted octanol–water partition coefficient (Wildman–Crippen LogP) is 2.96. The van der Waals surface area contributed by atoms with E-state index in [1.165, 1.54) is 18.4 Å². The molecule has 3 nitrogen and oxygen atoms in total. The first kappa shape index (κ1) is 14.4. The lowest BCUT2D eigenvalue weighted by molar-refractivity contribution is 0.163. The molecule has 0 aliphatic carbocycles. The molecule has 0 amide bonds. The number of ether oxygens (including phenoxy) is 1. The minimum absolute atomic E-state index is 0.189. The summed E-state index contributed by atoms with van der Waals surface area (Å²) in [5.74, 6) is 0.905. The Bertz CT molecular complexity index is 390. The van der Waals surface area contributed by atoms with Gasteiger partial charge in [0.2, 0.25) is 0 Å². The van der Waals surface area contributed by atoms with Crippen molar-refractivity contribution < 1.29 is 4.74 Å². The Hall–Kier alpha value is -1.06. The van der Waals surface area contributed by atoms with Crippen LogP contribution in [0.4, 0.5) is 0 Å². The molecule has 1 aromatic carbocycles. The van der Waals surface area contributed by atoms with Gasteiger partial charge in [0.1, 0.15) is 5.75 Å². The number of likely N-dealkylation sites (tertiary alicyclic amines) is 1. The summed E-state index contributed by atoms with van der Waals surface area (Å²) >= 11 is 0. The predicted molar refractivity (Wildman–Crippen MR) is 79.4 cm³/mol. The van der Waals surface area contributed by atoms with Gasteiger partial charge < -0.3 is 10.5 Å². The van der Waals surface area contributed by atoms with Gasteiger partial charge in [-0.25, -0.2) is 0 Å². The number of hydrogen-bond donors (Lipinski definition) is 1. The highest BCUT2D eigenvalue weighted by molar-refractivity contribution is 5.30. The Morgan fingerprint density at radius 3 is 2.53 bits per heavy atom. The van der Waals surface area contributed by atoms with E-state index in [4.69, 9.17) is 10.5 Å². The molecule has 0 aromatic heterocycles. The molecule has 1 aliphatic rings. The molecule has 19 heavy (non-hydrogen) atoms. The average Bonchev–Trinajstić information content (AvgIpc) is 2.86. The van der Waals surface area contributed by atoms with Crippen LogP contribution in [0, 0.1) is 0 Å². The fourth-order valence-electron chi connectivity index (χ4n) is 3.08. The third-order valence-electron chi connectivity index (χ3n) is 4.30. The van der Waals surface area contributed by atoms with Gasteiger partial charge in [0.25, 0.3) is 0 Å². The van der Waals surface area contributed by atoms with Crippen molar-refractivity contribution in [3.63, 3.8) is 0 Å². The van der Waals surface area contributed by atoms with Crippen LogP contribution in [0.25, 0.3) is 0 Å². The SMILES string of the molecule is CCC(N)C(c1ccc(OC)cc1)N1CCCC1C. The Morgan fingerprint density at radius 2 is 2.05 bits per heavy atom. The number of nitrogens with zero attached hydrogens (tertiary/aromatic N) is 1. The van der Waals surface area contributed by atoms with Crippen molar-refractivity contribution in [2.75, 3.05) is 13.7 Å². The van der Waals surface area contributed by atoms with E-state index in [1.54, 1.807) is 7.11 Å². The molecule has 1 saturated heterocycles. The lowest BCUT2D eigenvalue weighted by atomic mass is 9.95. The van der Waals surface area contributed by atoms with Gasteiger partial charge in [0, 0.05) is 12.1 Å². The van der Waals surface area contributed by atoms with Crippen molar-refractivity contribution in [3.05, 3.63) is 29.8 Å². The lowest BCUT2D eigenvalue weighted by Gasteiger charge is -2.35. The van der Waals surface area contributed by atoms with Crippen molar-refractivity contribution in [1.82, 2.24) is 4.90 Å². The van der Waals surface area contributed by atoms with Crippen molar-refractivity contribution in [2.45, 2.75) is 51.2 Å². The van der Waals surface area contributed by atoms with E-state index in [1.807, 2.05) is 12.1 Å². The molecule has 2 rings (SSSR count). The van der Waals surface area contributed by atoms with Gasteiger partial charge in [-0.1, -0.05) is 19.1 Å². The molecule has 106 valence electrons. The van der Waals surface area contributed by atoms with Crippen LogP contribution in [0.15, 0.2) is 24.3 Å². The lowest BCUT2D eigenvalue weighted by Crippen LogP contribution is -2.42. The molecule has 1 heterocycles. The van der Waals surface area contributed by atoms with E-state index in [0.29, 0.717) is 12.1 Å². The molecule has 0 saturated carbocycles. The molecular formula is C16H26N2O. The summed E-state index contributed by atoms with van der Waals surface area (Å²) < 4.78 is 5.24. The van der Waals surface area contributed by atoms with E-state index < -0.39 is 0 Å². The zero-order chi connectivity index (χ0) is 13.8. The van der Waals surface area contributed by atoms with Crippen LogP contribution in [0.3, 0.4) is 0 Å². The number of benzene rings is 1. The van der Waals surface area contributed by atoms with Gasteiger partial charge in [-0.05, 0) is 50.4 Å². The first-order valence-corrected chi connectivity index (χ1v) is 7.32. The van der Waals surface area contributed by atoms with Gasteiger partial charge in [-0.15, -0.1) is 0 Å². The zero-order valence-electron chi connectivity index (χ0n) is 12.3. The monoisotopic (exact) mass is 262 g/mol. The Morgan fingerprint density at radius 1 is 1.37 bits per heavy atom. The summed E-state index contributed by atoms with van der Waals surface area (Å²) in [7, 11) is 1.70. The molecule has 0 bridgehead atoms. The van der Waals surface area contributed by atoms with E-state index in [-0.39, 0.29) is 6.04 Å². The van der Waals surface area contributed by atoms with Crippen molar-refractivity contribution in [1.29, 1.82) is 0 Å². The molecular weight excluding hydrogens is 236 g/mol. The average molecular weight is 262 g/mol. The molecule has 0 spiro atoms. The van der Waals surface area contributed by atoms with Gasteiger partial charge >= 0.3 is 0 Å². The topological polar surface area (TPSA) is 38.5 Å². The molecule has 3 heteroatoms. The third-order valence-corrected chi connectivity index (χ3v) is 4.30. The second-order valence-corrected chi connectivity index (χ2v) is 5.52. The van der Waals surface area contributed by atoms with E-state index in [0.717, 1.165) is 18.7 Å². The van der Waals surface area contributed by atoms with Gasteiger partial charge in [0.05, 0.1) is 13.2 Å². The highest BCUT2D eigenvalue weighted by Crippen LogP contribution is 2.32. The van der Waals surface area contributed by atoms with Crippen LogP contribution in [-0.4, -0.2) is 30.6 Å². The summed E-state index contributed by atoms with van der Waals surface area (Å²) in [6.07, 6.45) is 3.56. The Kier molecular flexibility index (Phi) is 4.83. The quantitative estimate of drug-likeness (QED) is 0.886. The van der Waals surface area contributed by atoms with Crippen LogP contribution in [0.1, 0.15) is 44.7 Å². The number of rotatable bonds is 5. The van der Waals surface area contributed by atoms with Gasteiger partial charge in [-0.3, -0.25) is 4.90 Å². The van der Waals surface area contributed by atoms with Crippen LogP contribution >= 0.6 is 0 Å². The minimum atomic E-state index is 0.189. The number of methoxy groups -OCH3 is 1. The summed E-state index contributed by atoms with van der Waals surface area (Å²) in [5, 5.41) is 0. The van der Waals surface area contributed by atoms with Crippen molar-refractivity contribution in [3.8, 4) is 5.75 Å². The molecule has 0 radical (unpaired) electrons. The minimum Gasteiger partial charge on any atom is -0.497 e. The second-order valence-electron chi connectivity index (χ2n) is 5.52.